The minimum absolute atomic E-state index is 0.455. The maximum absolute atomic E-state index is 6.12. The van der Waals surface area contributed by atoms with E-state index in [2.05, 4.69) is 4.84 Å². The molecule has 0 spiro atoms. The summed E-state index contributed by atoms with van der Waals surface area (Å²) >= 11 is 6.12. The highest BCUT2D eigenvalue weighted by Crippen LogP contribution is 2.41. The molecule has 0 amide bonds. The largest absolute Gasteiger partial charge is 0.486 e. The Balaban J connectivity index is 2.37. The molecule has 1 aliphatic heterocycles. The van der Waals surface area contributed by atoms with Crippen LogP contribution in [0.4, 0.5) is 0 Å². The quantitative estimate of drug-likeness (QED) is 0.824. The minimum Gasteiger partial charge on any atom is -0.486 e. The van der Waals surface area contributed by atoms with Crippen molar-refractivity contribution in [3.8, 4) is 11.5 Å². The molecule has 0 aliphatic carbocycles. The Morgan fingerprint density at radius 3 is 2.75 bits per heavy atom. The van der Waals surface area contributed by atoms with Gasteiger partial charge in [-0.15, -0.1) is 0 Å². The highest BCUT2D eigenvalue weighted by atomic mass is 35.5. The average molecular weight is 244 g/mol. The second-order valence-corrected chi connectivity index (χ2v) is 4.03. The Labute approximate surface area is 99.2 Å². The van der Waals surface area contributed by atoms with Crippen molar-refractivity contribution in [3.05, 3.63) is 22.2 Å². The molecule has 88 valence electrons. The van der Waals surface area contributed by atoms with Gasteiger partial charge in [0.2, 0.25) is 0 Å². The van der Waals surface area contributed by atoms with Gasteiger partial charge in [-0.25, -0.2) is 5.90 Å². The molecule has 1 aromatic rings. The lowest BCUT2D eigenvalue weighted by molar-refractivity contribution is 0.140. The summed E-state index contributed by atoms with van der Waals surface area (Å²) in [6.07, 6.45) is 0.707. The van der Waals surface area contributed by atoms with Crippen LogP contribution in [0.15, 0.2) is 6.07 Å². The Bertz CT molecular complexity index is 395. The minimum atomic E-state index is 0.455. The van der Waals surface area contributed by atoms with Crippen LogP contribution in [0.3, 0.4) is 0 Å². The Hall–Kier alpha value is -0.970. The van der Waals surface area contributed by atoms with E-state index >= 15 is 0 Å². The van der Waals surface area contributed by atoms with Crippen molar-refractivity contribution >= 4 is 11.6 Å². The number of nitrogens with two attached hydrogens (primary N) is 1. The summed E-state index contributed by atoms with van der Waals surface area (Å²) in [5.41, 5.74) is 2.11. The first-order chi connectivity index (χ1) is 7.74. The van der Waals surface area contributed by atoms with E-state index in [4.69, 9.17) is 27.0 Å². The molecule has 1 aliphatic rings. The van der Waals surface area contributed by atoms with Gasteiger partial charge < -0.3 is 14.3 Å². The monoisotopic (exact) mass is 243 g/mol. The Morgan fingerprint density at radius 1 is 1.38 bits per heavy atom. The fourth-order valence-electron chi connectivity index (χ4n) is 1.78. The zero-order valence-corrected chi connectivity index (χ0v) is 9.84. The van der Waals surface area contributed by atoms with Crippen LogP contribution in [0.1, 0.15) is 11.1 Å². The summed E-state index contributed by atoms with van der Waals surface area (Å²) in [5.74, 6) is 6.40. The van der Waals surface area contributed by atoms with E-state index in [-0.39, 0.29) is 0 Å². The Kier molecular flexibility index (Phi) is 3.53. The lowest BCUT2D eigenvalue weighted by Crippen LogP contribution is -2.17. The maximum atomic E-state index is 6.12. The average Bonchev–Trinajstić information content (AvgIpc) is 2.32. The first-order valence-corrected chi connectivity index (χ1v) is 5.51. The lowest BCUT2D eigenvalue weighted by atomic mass is 10.0. The molecule has 1 aromatic carbocycles. The molecule has 1 heterocycles. The molecule has 0 saturated heterocycles. The third kappa shape index (κ3) is 2.09. The van der Waals surface area contributed by atoms with Gasteiger partial charge in [0.1, 0.15) is 13.2 Å². The third-order valence-corrected chi connectivity index (χ3v) is 2.89. The fraction of sp³-hybridized carbons (Fsp3) is 0.455. The van der Waals surface area contributed by atoms with E-state index in [9.17, 15) is 0 Å². The highest BCUT2D eigenvalue weighted by molar-refractivity contribution is 6.32. The van der Waals surface area contributed by atoms with E-state index in [1.54, 1.807) is 0 Å². The molecular weight excluding hydrogens is 230 g/mol. The Morgan fingerprint density at radius 2 is 2.06 bits per heavy atom. The molecule has 4 nitrogen and oxygen atoms in total. The van der Waals surface area contributed by atoms with Crippen molar-refractivity contribution in [2.24, 2.45) is 5.90 Å². The van der Waals surface area contributed by atoms with E-state index in [1.165, 1.54) is 0 Å². The SMILES string of the molecule is Cc1c(CCON)cc(Cl)c2c1OCCO2. The zero-order valence-electron chi connectivity index (χ0n) is 9.09. The van der Waals surface area contributed by atoms with Crippen LogP contribution in [0.2, 0.25) is 5.02 Å². The molecule has 16 heavy (non-hydrogen) atoms. The van der Waals surface area contributed by atoms with Crippen molar-refractivity contribution in [2.45, 2.75) is 13.3 Å². The van der Waals surface area contributed by atoms with Crippen LogP contribution in [-0.2, 0) is 11.3 Å². The normalized spacial score (nSPS) is 13.9. The van der Waals surface area contributed by atoms with Gasteiger partial charge in [0.25, 0.3) is 0 Å². The standard InChI is InChI=1S/C11H14ClNO3/c1-7-8(2-3-16-13)6-9(12)11-10(7)14-4-5-15-11/h6H,2-5,13H2,1H3. The van der Waals surface area contributed by atoms with E-state index in [0.29, 0.717) is 37.0 Å². The van der Waals surface area contributed by atoms with Crippen molar-refractivity contribution in [2.75, 3.05) is 19.8 Å². The van der Waals surface area contributed by atoms with E-state index in [1.807, 2.05) is 13.0 Å². The molecule has 5 heteroatoms. The molecule has 0 bridgehead atoms. The van der Waals surface area contributed by atoms with Gasteiger partial charge in [-0.05, 0) is 30.5 Å². The summed E-state index contributed by atoms with van der Waals surface area (Å²) < 4.78 is 11.1. The molecule has 0 radical (unpaired) electrons. The number of halogens is 1. The van der Waals surface area contributed by atoms with Crippen LogP contribution in [-0.4, -0.2) is 19.8 Å². The van der Waals surface area contributed by atoms with Gasteiger partial charge in [-0.3, -0.25) is 0 Å². The molecule has 0 atom stereocenters. The van der Waals surface area contributed by atoms with Crippen LogP contribution in [0, 0.1) is 6.92 Å². The second-order valence-electron chi connectivity index (χ2n) is 3.62. The summed E-state index contributed by atoms with van der Waals surface area (Å²) in [4.78, 5) is 4.57. The first kappa shape index (κ1) is 11.5. The van der Waals surface area contributed by atoms with Crippen LogP contribution in [0.25, 0.3) is 0 Å². The zero-order chi connectivity index (χ0) is 11.5. The topological polar surface area (TPSA) is 53.7 Å². The molecule has 0 unspecified atom stereocenters. The number of ether oxygens (including phenoxy) is 2. The lowest BCUT2D eigenvalue weighted by Gasteiger charge is -2.22. The molecule has 0 fully saturated rings. The molecular formula is C11H14ClNO3. The number of fused-ring (bicyclic) bond motifs is 1. The number of benzene rings is 1. The fourth-order valence-corrected chi connectivity index (χ4v) is 2.05. The number of hydrogen-bond acceptors (Lipinski definition) is 4. The molecule has 0 aromatic heterocycles. The summed E-state index contributed by atoms with van der Waals surface area (Å²) in [6.45, 7) is 3.53. The molecule has 2 rings (SSSR count). The van der Waals surface area contributed by atoms with Crippen molar-refractivity contribution in [1.29, 1.82) is 0 Å². The summed E-state index contributed by atoms with van der Waals surface area (Å²) in [7, 11) is 0. The summed E-state index contributed by atoms with van der Waals surface area (Å²) in [6, 6.07) is 1.88. The number of hydrogen-bond donors (Lipinski definition) is 1. The highest BCUT2D eigenvalue weighted by Gasteiger charge is 2.20. The molecule has 2 N–H and O–H groups in total. The van der Waals surface area contributed by atoms with Crippen LogP contribution >= 0.6 is 11.6 Å². The number of rotatable bonds is 3. The van der Waals surface area contributed by atoms with Crippen molar-refractivity contribution in [1.82, 2.24) is 0 Å². The van der Waals surface area contributed by atoms with Crippen molar-refractivity contribution in [3.63, 3.8) is 0 Å². The maximum Gasteiger partial charge on any atom is 0.180 e. The summed E-state index contributed by atoms with van der Waals surface area (Å²) in [5, 5.41) is 0.576. The third-order valence-electron chi connectivity index (χ3n) is 2.61. The van der Waals surface area contributed by atoms with Crippen LogP contribution < -0.4 is 15.4 Å². The van der Waals surface area contributed by atoms with E-state index in [0.717, 1.165) is 16.9 Å². The van der Waals surface area contributed by atoms with Gasteiger partial charge in [0.05, 0.1) is 11.6 Å². The second kappa shape index (κ2) is 4.91. The predicted octanol–water partition coefficient (Wildman–Crippen LogP) is 1.85. The molecule has 0 saturated carbocycles. The van der Waals surface area contributed by atoms with Gasteiger partial charge >= 0.3 is 0 Å². The van der Waals surface area contributed by atoms with Gasteiger partial charge in [-0.2, -0.15) is 0 Å². The predicted molar refractivity (Wildman–Crippen MR) is 61.0 cm³/mol. The van der Waals surface area contributed by atoms with Crippen LogP contribution in [0.5, 0.6) is 11.5 Å². The van der Waals surface area contributed by atoms with Gasteiger partial charge in [-0.1, -0.05) is 11.6 Å². The smallest absolute Gasteiger partial charge is 0.180 e. The van der Waals surface area contributed by atoms with Crippen molar-refractivity contribution < 1.29 is 14.3 Å². The van der Waals surface area contributed by atoms with Gasteiger partial charge in [0.15, 0.2) is 11.5 Å². The van der Waals surface area contributed by atoms with E-state index < -0.39 is 0 Å². The first-order valence-electron chi connectivity index (χ1n) is 5.13. The van der Waals surface area contributed by atoms with Gasteiger partial charge in [0, 0.05) is 0 Å².